The lowest BCUT2D eigenvalue weighted by Gasteiger charge is -2.36. The Kier molecular flexibility index (Phi) is 6.26. The molecule has 1 N–H and O–H groups in total. The number of hydrogen-bond acceptors (Lipinski definition) is 5. The second-order valence-corrected chi connectivity index (χ2v) is 9.27. The van der Waals surface area contributed by atoms with Gasteiger partial charge in [-0.1, -0.05) is 57.9 Å². The molecule has 5 rings (SSSR count). The number of benzene rings is 3. The van der Waals surface area contributed by atoms with E-state index in [2.05, 4.69) is 37.1 Å². The fourth-order valence-electron chi connectivity index (χ4n) is 4.01. The molecule has 5 nitrogen and oxygen atoms in total. The summed E-state index contributed by atoms with van der Waals surface area (Å²) < 4.78 is 1.02. The molecule has 0 spiro atoms. The van der Waals surface area contributed by atoms with Crippen molar-refractivity contribution in [2.75, 3.05) is 36.4 Å². The van der Waals surface area contributed by atoms with Crippen molar-refractivity contribution in [1.82, 2.24) is 14.9 Å². The van der Waals surface area contributed by atoms with E-state index in [0.717, 1.165) is 70.6 Å². The van der Waals surface area contributed by atoms with E-state index in [1.807, 2.05) is 66.7 Å². The predicted molar refractivity (Wildman–Crippen MR) is 136 cm³/mol. The fraction of sp³-hybridized carbons (Fsp3) is 0.200. The number of aromatic nitrogens is 2. The van der Waals surface area contributed by atoms with Crippen LogP contribution in [0, 0.1) is 0 Å². The molecule has 162 valence electrons. The maximum Gasteiger partial charge on any atom is 0.174 e. The van der Waals surface area contributed by atoms with Crippen molar-refractivity contribution >= 4 is 55.9 Å². The summed E-state index contributed by atoms with van der Waals surface area (Å²) in [6, 6.07) is 24.2. The van der Waals surface area contributed by atoms with Crippen LogP contribution in [-0.4, -0.2) is 41.0 Å². The Morgan fingerprint density at radius 1 is 0.844 bits per heavy atom. The topological polar surface area (TPSA) is 44.3 Å². The third kappa shape index (κ3) is 4.88. The number of anilines is 3. The van der Waals surface area contributed by atoms with Gasteiger partial charge in [-0.2, -0.15) is 0 Å². The summed E-state index contributed by atoms with van der Waals surface area (Å²) in [7, 11) is 0. The van der Waals surface area contributed by atoms with Gasteiger partial charge in [0.1, 0.15) is 0 Å². The zero-order valence-electron chi connectivity index (χ0n) is 17.5. The van der Waals surface area contributed by atoms with Gasteiger partial charge in [-0.3, -0.25) is 4.90 Å². The maximum atomic E-state index is 6.16. The first-order chi connectivity index (χ1) is 15.6. The molecule has 32 heavy (non-hydrogen) atoms. The van der Waals surface area contributed by atoms with Crippen molar-refractivity contribution in [3.8, 4) is 0 Å². The smallest absolute Gasteiger partial charge is 0.174 e. The summed E-state index contributed by atoms with van der Waals surface area (Å²) >= 11 is 9.70. The normalized spacial score (nSPS) is 14.6. The van der Waals surface area contributed by atoms with Crippen LogP contribution in [0.15, 0.2) is 77.3 Å². The maximum absolute atomic E-state index is 6.16. The average Bonchev–Trinajstić information content (AvgIpc) is 2.79. The van der Waals surface area contributed by atoms with Crippen LogP contribution >= 0.6 is 27.5 Å². The van der Waals surface area contributed by atoms with Gasteiger partial charge in [0.2, 0.25) is 0 Å². The van der Waals surface area contributed by atoms with Crippen LogP contribution in [0.25, 0.3) is 11.0 Å². The second-order valence-electron chi connectivity index (χ2n) is 7.91. The first-order valence-electron chi connectivity index (χ1n) is 10.7. The molecule has 1 saturated heterocycles. The van der Waals surface area contributed by atoms with E-state index in [9.17, 15) is 0 Å². The summed E-state index contributed by atoms with van der Waals surface area (Å²) in [5.74, 6) is 1.68. The zero-order chi connectivity index (χ0) is 21.9. The molecule has 0 bridgehead atoms. The second kappa shape index (κ2) is 9.45. The van der Waals surface area contributed by atoms with E-state index >= 15 is 0 Å². The van der Waals surface area contributed by atoms with Gasteiger partial charge in [-0.15, -0.1) is 0 Å². The van der Waals surface area contributed by atoms with Crippen molar-refractivity contribution in [3.05, 3.63) is 87.9 Å². The molecular formula is C25H23BrClN5. The highest BCUT2D eigenvalue weighted by atomic mass is 79.9. The van der Waals surface area contributed by atoms with Crippen LogP contribution in [0.2, 0.25) is 5.02 Å². The van der Waals surface area contributed by atoms with Gasteiger partial charge >= 0.3 is 0 Å². The Balaban J connectivity index is 1.38. The molecule has 0 saturated carbocycles. The first-order valence-corrected chi connectivity index (χ1v) is 11.8. The number of fused-ring (bicyclic) bond motifs is 1. The highest BCUT2D eigenvalue weighted by molar-refractivity contribution is 9.10. The third-order valence-electron chi connectivity index (χ3n) is 5.61. The predicted octanol–water partition coefficient (Wildman–Crippen LogP) is 6.11. The SMILES string of the molecule is Clc1cccc(CN2CCN(c3nc4ccccc4nc3Nc3cccc(Br)c3)CC2)c1. The summed E-state index contributed by atoms with van der Waals surface area (Å²) in [4.78, 5) is 14.7. The lowest BCUT2D eigenvalue weighted by molar-refractivity contribution is 0.249. The minimum Gasteiger partial charge on any atom is -0.351 e. The molecule has 1 aliphatic heterocycles. The number of nitrogens with zero attached hydrogens (tertiary/aromatic N) is 4. The molecule has 0 radical (unpaired) electrons. The van der Waals surface area contributed by atoms with Crippen LogP contribution in [0.4, 0.5) is 17.3 Å². The largest absolute Gasteiger partial charge is 0.351 e. The van der Waals surface area contributed by atoms with Crippen molar-refractivity contribution in [1.29, 1.82) is 0 Å². The zero-order valence-corrected chi connectivity index (χ0v) is 19.9. The lowest BCUT2D eigenvalue weighted by Crippen LogP contribution is -2.46. The summed E-state index contributed by atoms with van der Waals surface area (Å²) in [5.41, 5.74) is 4.01. The number of para-hydroxylation sites is 2. The minimum absolute atomic E-state index is 0.782. The van der Waals surface area contributed by atoms with E-state index < -0.39 is 0 Å². The fourth-order valence-corrected chi connectivity index (χ4v) is 4.62. The van der Waals surface area contributed by atoms with Gasteiger partial charge in [-0.25, -0.2) is 9.97 Å². The molecule has 0 atom stereocenters. The molecule has 0 amide bonds. The average molecular weight is 509 g/mol. The summed E-state index contributed by atoms with van der Waals surface area (Å²) in [5, 5.41) is 4.27. The Morgan fingerprint density at radius 2 is 1.59 bits per heavy atom. The van der Waals surface area contributed by atoms with Crippen LogP contribution in [0.5, 0.6) is 0 Å². The molecule has 1 fully saturated rings. The van der Waals surface area contributed by atoms with E-state index in [0.29, 0.717) is 0 Å². The Labute approximate surface area is 201 Å². The van der Waals surface area contributed by atoms with Crippen molar-refractivity contribution < 1.29 is 0 Å². The highest BCUT2D eigenvalue weighted by Gasteiger charge is 2.22. The quantitative estimate of drug-likeness (QED) is 0.352. The molecule has 0 unspecified atom stereocenters. The Bertz CT molecular complexity index is 1240. The summed E-state index contributed by atoms with van der Waals surface area (Å²) in [6.45, 7) is 4.59. The number of halogens is 2. The minimum atomic E-state index is 0.782. The third-order valence-corrected chi connectivity index (χ3v) is 6.33. The molecular weight excluding hydrogens is 486 g/mol. The number of rotatable bonds is 5. The van der Waals surface area contributed by atoms with E-state index in [1.54, 1.807) is 0 Å². The Morgan fingerprint density at radius 3 is 2.34 bits per heavy atom. The molecule has 7 heteroatoms. The van der Waals surface area contributed by atoms with Crippen LogP contribution in [0.3, 0.4) is 0 Å². The van der Waals surface area contributed by atoms with Crippen LogP contribution in [-0.2, 0) is 6.54 Å². The molecule has 1 aromatic heterocycles. The van der Waals surface area contributed by atoms with E-state index in [-0.39, 0.29) is 0 Å². The van der Waals surface area contributed by atoms with Gasteiger partial charge in [0.15, 0.2) is 11.6 Å². The molecule has 0 aliphatic carbocycles. The summed E-state index contributed by atoms with van der Waals surface area (Å²) in [6.07, 6.45) is 0. The molecule has 3 aromatic carbocycles. The molecule has 1 aliphatic rings. The van der Waals surface area contributed by atoms with Gasteiger partial charge in [-0.05, 0) is 48.0 Å². The van der Waals surface area contributed by atoms with E-state index in [1.165, 1.54) is 5.56 Å². The standard InChI is InChI=1S/C25H23BrClN5/c26-19-6-4-8-21(16-19)28-24-25(30-23-10-2-1-9-22(23)29-24)32-13-11-31(12-14-32)17-18-5-3-7-20(27)15-18/h1-10,15-16H,11-14,17H2,(H,28,29). The number of nitrogens with one attached hydrogen (secondary N) is 1. The monoisotopic (exact) mass is 507 g/mol. The number of piperazine rings is 1. The number of hydrogen-bond donors (Lipinski definition) is 1. The van der Waals surface area contributed by atoms with Crippen molar-refractivity contribution in [2.24, 2.45) is 0 Å². The Hall–Kier alpha value is -2.67. The van der Waals surface area contributed by atoms with Crippen LogP contribution < -0.4 is 10.2 Å². The van der Waals surface area contributed by atoms with E-state index in [4.69, 9.17) is 21.6 Å². The van der Waals surface area contributed by atoms with Gasteiger partial charge in [0, 0.05) is 47.9 Å². The first kappa shape index (κ1) is 21.2. The lowest BCUT2D eigenvalue weighted by atomic mass is 10.2. The molecule has 2 heterocycles. The van der Waals surface area contributed by atoms with Gasteiger partial charge < -0.3 is 10.2 Å². The highest BCUT2D eigenvalue weighted by Crippen LogP contribution is 2.29. The van der Waals surface area contributed by atoms with Crippen LogP contribution in [0.1, 0.15) is 5.56 Å². The van der Waals surface area contributed by atoms with Crippen molar-refractivity contribution in [3.63, 3.8) is 0 Å². The van der Waals surface area contributed by atoms with Gasteiger partial charge in [0.05, 0.1) is 11.0 Å². The van der Waals surface area contributed by atoms with Crippen molar-refractivity contribution in [2.45, 2.75) is 6.54 Å². The molecule has 4 aromatic rings. The van der Waals surface area contributed by atoms with Gasteiger partial charge in [0.25, 0.3) is 0 Å².